The number of hydrogen-bond acceptors (Lipinski definition) is 3. The van der Waals surface area contributed by atoms with Gasteiger partial charge in [-0.15, -0.1) is 0 Å². The van der Waals surface area contributed by atoms with Crippen LogP contribution in [0.25, 0.3) is 5.82 Å². The van der Waals surface area contributed by atoms with E-state index in [1.54, 1.807) is 13.3 Å². The fourth-order valence-electron chi connectivity index (χ4n) is 2.19. The Bertz CT molecular complexity index is 707. The van der Waals surface area contributed by atoms with Crippen LogP contribution in [0, 0.1) is 13.8 Å². The van der Waals surface area contributed by atoms with Crippen LogP contribution in [-0.4, -0.2) is 21.6 Å². The summed E-state index contributed by atoms with van der Waals surface area (Å²) in [6.45, 7) is 6.02. The highest BCUT2D eigenvalue weighted by molar-refractivity contribution is 6.30. The zero-order valence-electron chi connectivity index (χ0n) is 13.3. The summed E-state index contributed by atoms with van der Waals surface area (Å²) in [5, 5.41) is 0.653. The van der Waals surface area contributed by atoms with Crippen molar-refractivity contribution in [3.05, 3.63) is 58.8 Å². The van der Waals surface area contributed by atoms with Gasteiger partial charge < -0.3 is 4.74 Å². The lowest BCUT2D eigenvalue weighted by Crippen LogP contribution is -2.08. The van der Waals surface area contributed by atoms with Crippen molar-refractivity contribution in [1.29, 1.82) is 0 Å². The molecule has 0 amide bonds. The van der Waals surface area contributed by atoms with Crippen LogP contribution in [0.3, 0.4) is 0 Å². The topological polar surface area (TPSA) is 39.9 Å². The van der Waals surface area contributed by atoms with E-state index in [-0.39, 0.29) is 0 Å². The van der Waals surface area contributed by atoms with Crippen LogP contribution in [0.4, 0.5) is 0 Å². The average Bonchev–Trinajstić information content (AvgIpc) is 2.57. The summed E-state index contributed by atoms with van der Waals surface area (Å²) in [4.78, 5) is 9.16. The maximum Gasteiger partial charge on any atom is 0.138 e. The highest BCUT2D eigenvalue weighted by Crippen LogP contribution is 2.16. The Morgan fingerprint density at radius 2 is 1.95 bits per heavy atom. The van der Waals surface area contributed by atoms with Crippen molar-refractivity contribution in [2.45, 2.75) is 27.2 Å². The van der Waals surface area contributed by atoms with E-state index in [0.717, 1.165) is 35.2 Å². The number of pyridine rings is 1. The lowest BCUT2D eigenvalue weighted by molar-refractivity contribution is 0.412. The number of aromatic nitrogens is 3. The van der Waals surface area contributed by atoms with Crippen molar-refractivity contribution < 1.29 is 4.74 Å². The van der Waals surface area contributed by atoms with Crippen LogP contribution in [0.15, 0.2) is 36.5 Å². The molecule has 0 aliphatic carbocycles. The van der Waals surface area contributed by atoms with Gasteiger partial charge in [0.05, 0.1) is 13.3 Å². The molecule has 0 fully saturated rings. The minimum absolute atomic E-state index is 0.653. The van der Waals surface area contributed by atoms with Crippen molar-refractivity contribution >= 4 is 11.6 Å². The monoisotopic (exact) mass is 317 g/mol. The molecule has 0 aliphatic heterocycles. The number of aryl methyl sites for hydroxylation is 3. The van der Waals surface area contributed by atoms with Gasteiger partial charge in [0.1, 0.15) is 17.4 Å². The molecule has 2 aromatic rings. The van der Waals surface area contributed by atoms with E-state index in [1.165, 1.54) is 0 Å². The molecular weight excluding hydrogens is 298 g/mol. The van der Waals surface area contributed by atoms with Gasteiger partial charge in [0.15, 0.2) is 0 Å². The standard InChI is InChI=1S/C17H20ClN3O/c1-5-16-20-12(2)10-14(18)7-6-13(3)21(16)17-9-8-15(22-4)11-19-17/h6-11H,5H2,1-4H3. The van der Waals surface area contributed by atoms with Gasteiger partial charge in [-0.05, 0) is 44.2 Å². The molecule has 2 rings (SSSR count). The zero-order chi connectivity index (χ0) is 16.1. The van der Waals surface area contributed by atoms with Crippen LogP contribution in [0.1, 0.15) is 24.1 Å². The number of rotatable bonds is 3. The van der Waals surface area contributed by atoms with E-state index < -0.39 is 0 Å². The van der Waals surface area contributed by atoms with Crippen molar-refractivity contribution in [3.63, 3.8) is 0 Å². The molecule has 0 aliphatic rings. The van der Waals surface area contributed by atoms with Gasteiger partial charge in [-0.3, -0.25) is 4.57 Å². The third-order valence-corrected chi connectivity index (χ3v) is 3.48. The number of ether oxygens (including phenoxy) is 1. The fourth-order valence-corrected chi connectivity index (χ4v) is 2.41. The first-order chi connectivity index (χ1) is 10.5. The second kappa shape index (κ2) is 7.27. The first-order valence-electron chi connectivity index (χ1n) is 7.15. The quantitative estimate of drug-likeness (QED) is 0.850. The van der Waals surface area contributed by atoms with Crippen LogP contribution < -0.4 is 4.74 Å². The third-order valence-electron chi connectivity index (χ3n) is 3.25. The van der Waals surface area contributed by atoms with Crippen molar-refractivity contribution in [3.8, 4) is 11.6 Å². The van der Waals surface area contributed by atoms with Crippen molar-refractivity contribution in [2.75, 3.05) is 7.11 Å². The lowest BCUT2D eigenvalue weighted by atomic mass is 10.3. The summed E-state index contributed by atoms with van der Waals surface area (Å²) in [5.41, 5.74) is 1.86. The molecule has 0 atom stereocenters. The van der Waals surface area contributed by atoms with Gasteiger partial charge in [0.25, 0.3) is 0 Å². The molecule has 0 saturated carbocycles. The molecule has 0 spiro atoms. The predicted molar refractivity (Wildman–Crippen MR) is 89.4 cm³/mol. The summed E-state index contributed by atoms with van der Waals surface area (Å²) < 4.78 is 7.20. The Hall–Kier alpha value is -2.07. The predicted octanol–water partition coefficient (Wildman–Crippen LogP) is 4.23. The van der Waals surface area contributed by atoms with Crippen molar-refractivity contribution in [2.24, 2.45) is 0 Å². The van der Waals surface area contributed by atoms with E-state index in [0.29, 0.717) is 5.02 Å². The maximum atomic E-state index is 6.17. The second-order valence-electron chi connectivity index (χ2n) is 4.92. The van der Waals surface area contributed by atoms with Crippen LogP contribution >= 0.6 is 11.6 Å². The molecule has 0 unspecified atom stereocenters. The van der Waals surface area contributed by atoms with E-state index in [2.05, 4.69) is 16.9 Å². The molecule has 22 heavy (non-hydrogen) atoms. The summed E-state index contributed by atoms with van der Waals surface area (Å²) in [6.07, 6.45) is 2.48. The molecular formula is C17H20ClN3O. The third kappa shape index (κ3) is 3.77. The number of methoxy groups -OCH3 is 1. The van der Waals surface area contributed by atoms with E-state index in [1.807, 2.05) is 48.7 Å². The molecule has 2 aromatic heterocycles. The Balaban J connectivity index is 2.76. The highest BCUT2D eigenvalue weighted by atomic mass is 35.5. The van der Waals surface area contributed by atoms with Crippen LogP contribution in [-0.2, 0) is 6.42 Å². The zero-order valence-corrected chi connectivity index (χ0v) is 14.1. The van der Waals surface area contributed by atoms with Gasteiger partial charge in [0.2, 0.25) is 0 Å². The average molecular weight is 318 g/mol. The van der Waals surface area contributed by atoms with Gasteiger partial charge >= 0.3 is 0 Å². The summed E-state index contributed by atoms with van der Waals surface area (Å²) >= 11 is 6.17. The van der Waals surface area contributed by atoms with E-state index in [9.17, 15) is 0 Å². The first-order valence-corrected chi connectivity index (χ1v) is 7.53. The molecule has 0 aromatic carbocycles. The second-order valence-corrected chi connectivity index (χ2v) is 5.35. The number of hydrogen-bond donors (Lipinski definition) is 0. The maximum absolute atomic E-state index is 6.17. The van der Waals surface area contributed by atoms with E-state index >= 15 is 0 Å². The van der Waals surface area contributed by atoms with Crippen LogP contribution in [0.2, 0.25) is 5.02 Å². The van der Waals surface area contributed by atoms with Gasteiger partial charge in [0, 0.05) is 22.8 Å². The summed E-state index contributed by atoms with van der Waals surface area (Å²) in [5.74, 6) is 2.44. The largest absolute Gasteiger partial charge is 0.495 e. The molecule has 0 radical (unpaired) electrons. The summed E-state index contributed by atoms with van der Waals surface area (Å²) in [6, 6.07) is 9.50. The lowest BCUT2D eigenvalue weighted by Gasteiger charge is -2.12. The smallest absolute Gasteiger partial charge is 0.138 e. The van der Waals surface area contributed by atoms with Gasteiger partial charge in [-0.25, -0.2) is 9.97 Å². The normalized spacial score (nSPS) is 10.2. The first kappa shape index (κ1) is 16.3. The fraction of sp³-hybridized carbons (Fsp3) is 0.294. The summed E-state index contributed by atoms with van der Waals surface area (Å²) in [7, 11) is 1.63. The number of halogens is 1. The SMILES string of the molecule is CCc1nc(C)cc(Cl)ccc(C)n1-c1ccc(OC)cn1. The van der Waals surface area contributed by atoms with Gasteiger partial charge in [-0.1, -0.05) is 18.5 Å². The molecule has 116 valence electrons. The molecule has 2 heterocycles. The Morgan fingerprint density at radius 1 is 1.18 bits per heavy atom. The molecule has 0 N–H and O–H groups in total. The molecule has 5 heteroatoms. The van der Waals surface area contributed by atoms with Gasteiger partial charge in [-0.2, -0.15) is 0 Å². The van der Waals surface area contributed by atoms with Crippen molar-refractivity contribution in [1.82, 2.24) is 14.5 Å². The highest BCUT2D eigenvalue weighted by Gasteiger charge is 2.06. The Labute approximate surface area is 136 Å². The molecule has 0 saturated heterocycles. The Morgan fingerprint density at radius 3 is 2.55 bits per heavy atom. The minimum atomic E-state index is 0.653. The molecule has 0 bridgehead atoms. The van der Waals surface area contributed by atoms with Crippen LogP contribution in [0.5, 0.6) is 5.75 Å². The van der Waals surface area contributed by atoms with E-state index in [4.69, 9.17) is 16.3 Å². The number of nitrogens with zero attached hydrogens (tertiary/aromatic N) is 3. The molecule has 4 nitrogen and oxygen atoms in total. The minimum Gasteiger partial charge on any atom is -0.495 e. The Kier molecular flexibility index (Phi) is 5.39.